The summed E-state index contributed by atoms with van der Waals surface area (Å²) in [6, 6.07) is 7.98. The highest BCUT2D eigenvalue weighted by molar-refractivity contribution is 5.49. The number of piperazine rings is 1. The largest absolute Gasteiger partial charge is 0.506 e. The molecule has 0 bridgehead atoms. The maximum Gasteiger partial charge on any atom is 0.138 e. The molecule has 0 aromatic heterocycles. The molecule has 1 aromatic rings. The van der Waals surface area contributed by atoms with Crippen LogP contribution in [0.5, 0.6) is 5.75 Å². The fraction of sp³-hybridized carbons (Fsp3) is 0.611. The van der Waals surface area contributed by atoms with E-state index in [0.29, 0.717) is 11.5 Å². The first-order valence-corrected chi connectivity index (χ1v) is 8.48. The molecule has 1 heterocycles. The van der Waals surface area contributed by atoms with Gasteiger partial charge in [0.05, 0.1) is 5.56 Å². The Balaban J connectivity index is 1.95. The lowest BCUT2D eigenvalue weighted by atomic mass is 9.79. The Labute approximate surface area is 132 Å². The molecular weight excluding hydrogens is 274 g/mol. The summed E-state index contributed by atoms with van der Waals surface area (Å²) in [5.74, 6) is 0.783. The van der Waals surface area contributed by atoms with Crippen molar-refractivity contribution in [1.82, 2.24) is 10.2 Å². The van der Waals surface area contributed by atoms with E-state index in [9.17, 15) is 10.4 Å². The van der Waals surface area contributed by atoms with Crippen LogP contribution in [0.15, 0.2) is 18.2 Å². The van der Waals surface area contributed by atoms with Gasteiger partial charge in [0.15, 0.2) is 0 Å². The van der Waals surface area contributed by atoms with Gasteiger partial charge in [-0.2, -0.15) is 5.26 Å². The zero-order valence-corrected chi connectivity index (χ0v) is 13.1. The van der Waals surface area contributed by atoms with Crippen molar-refractivity contribution in [3.8, 4) is 11.8 Å². The number of hydrogen-bond acceptors (Lipinski definition) is 4. The van der Waals surface area contributed by atoms with Crippen LogP contribution in [0.1, 0.15) is 49.3 Å². The van der Waals surface area contributed by atoms with Crippen LogP contribution in [-0.2, 0) is 0 Å². The molecule has 3 rings (SSSR count). The number of nitrogens with zero attached hydrogens (tertiary/aromatic N) is 2. The van der Waals surface area contributed by atoms with Crippen LogP contribution in [0.25, 0.3) is 0 Å². The van der Waals surface area contributed by atoms with Gasteiger partial charge in [-0.15, -0.1) is 0 Å². The zero-order valence-electron chi connectivity index (χ0n) is 13.1. The van der Waals surface area contributed by atoms with E-state index in [1.165, 1.54) is 32.1 Å². The van der Waals surface area contributed by atoms with Gasteiger partial charge in [-0.05, 0) is 24.8 Å². The number of nitrogens with one attached hydrogen (secondary N) is 1. The summed E-state index contributed by atoms with van der Waals surface area (Å²) >= 11 is 0. The Morgan fingerprint density at radius 1 is 1.18 bits per heavy atom. The van der Waals surface area contributed by atoms with Crippen LogP contribution in [0, 0.1) is 17.2 Å². The monoisotopic (exact) mass is 299 g/mol. The molecule has 0 spiro atoms. The second-order valence-corrected chi connectivity index (χ2v) is 6.48. The first-order chi connectivity index (χ1) is 10.8. The Bertz CT molecular complexity index is 522. The Morgan fingerprint density at radius 3 is 2.59 bits per heavy atom. The third-order valence-electron chi connectivity index (χ3n) is 5.15. The van der Waals surface area contributed by atoms with Crippen LogP contribution in [0.3, 0.4) is 0 Å². The molecule has 1 aliphatic heterocycles. The van der Waals surface area contributed by atoms with Gasteiger partial charge < -0.3 is 10.4 Å². The summed E-state index contributed by atoms with van der Waals surface area (Å²) in [5, 5.41) is 23.2. The first kappa shape index (κ1) is 15.3. The second-order valence-electron chi connectivity index (χ2n) is 6.48. The first-order valence-electron chi connectivity index (χ1n) is 8.48. The highest BCUT2D eigenvalue weighted by Crippen LogP contribution is 2.42. The number of nitriles is 1. The van der Waals surface area contributed by atoms with Crippen molar-refractivity contribution in [3.05, 3.63) is 29.3 Å². The Kier molecular flexibility index (Phi) is 4.97. The molecule has 1 aromatic carbocycles. The number of phenolic OH excluding ortho intramolecular Hbond substituents is 1. The minimum absolute atomic E-state index is 0.194. The molecule has 2 aliphatic rings. The Hall–Kier alpha value is -1.57. The summed E-state index contributed by atoms with van der Waals surface area (Å²) in [5.41, 5.74) is 1.35. The van der Waals surface area contributed by atoms with Gasteiger partial charge in [0.25, 0.3) is 0 Å². The fourth-order valence-electron chi connectivity index (χ4n) is 4.05. The van der Waals surface area contributed by atoms with Crippen molar-refractivity contribution in [2.45, 2.75) is 38.1 Å². The third-order valence-corrected chi connectivity index (χ3v) is 5.15. The molecule has 22 heavy (non-hydrogen) atoms. The van der Waals surface area contributed by atoms with Crippen molar-refractivity contribution in [1.29, 1.82) is 5.26 Å². The van der Waals surface area contributed by atoms with E-state index in [2.05, 4.69) is 16.3 Å². The summed E-state index contributed by atoms with van der Waals surface area (Å²) in [4.78, 5) is 2.50. The van der Waals surface area contributed by atoms with E-state index in [1.54, 1.807) is 6.07 Å². The molecule has 2 fully saturated rings. The standard InChI is InChI=1S/C18H25N3O/c19-13-15-7-4-8-16(18(15)22)17(14-5-2-1-3-6-14)21-11-9-20-10-12-21/h4,7-8,14,17,20,22H,1-3,5-6,9-12H2/t17-/m0/s1. The van der Waals surface area contributed by atoms with Crippen LogP contribution in [0.4, 0.5) is 0 Å². The molecule has 1 saturated heterocycles. The van der Waals surface area contributed by atoms with Crippen molar-refractivity contribution in [3.63, 3.8) is 0 Å². The van der Waals surface area contributed by atoms with Crippen molar-refractivity contribution in [2.75, 3.05) is 26.2 Å². The predicted octanol–water partition coefficient (Wildman–Crippen LogP) is 2.79. The molecule has 1 atom stereocenters. The molecule has 0 amide bonds. The highest BCUT2D eigenvalue weighted by Gasteiger charge is 2.32. The molecule has 2 N–H and O–H groups in total. The normalized spacial score (nSPS) is 22.1. The number of hydrogen-bond donors (Lipinski definition) is 2. The van der Waals surface area contributed by atoms with Gasteiger partial charge in [-0.1, -0.05) is 31.4 Å². The molecule has 4 nitrogen and oxygen atoms in total. The van der Waals surface area contributed by atoms with Crippen molar-refractivity contribution < 1.29 is 5.11 Å². The second kappa shape index (κ2) is 7.13. The van der Waals surface area contributed by atoms with Crippen LogP contribution in [0.2, 0.25) is 0 Å². The quantitative estimate of drug-likeness (QED) is 0.901. The van der Waals surface area contributed by atoms with Gasteiger partial charge in [0.2, 0.25) is 0 Å². The van der Waals surface area contributed by atoms with E-state index < -0.39 is 0 Å². The zero-order chi connectivity index (χ0) is 15.4. The lowest BCUT2D eigenvalue weighted by Gasteiger charge is -2.41. The summed E-state index contributed by atoms with van der Waals surface area (Å²) < 4.78 is 0. The van der Waals surface area contributed by atoms with Crippen LogP contribution in [-0.4, -0.2) is 36.2 Å². The number of benzene rings is 1. The van der Waals surface area contributed by atoms with Gasteiger partial charge in [0, 0.05) is 37.8 Å². The summed E-state index contributed by atoms with van der Waals surface area (Å²) in [7, 11) is 0. The van der Waals surface area contributed by atoms with Crippen LogP contribution < -0.4 is 5.32 Å². The van der Waals surface area contributed by atoms with Gasteiger partial charge in [0.1, 0.15) is 11.8 Å². The molecule has 1 aliphatic carbocycles. The van der Waals surface area contributed by atoms with Crippen LogP contribution >= 0.6 is 0 Å². The topological polar surface area (TPSA) is 59.3 Å². The third kappa shape index (κ3) is 3.11. The van der Waals surface area contributed by atoms with Gasteiger partial charge in [-0.3, -0.25) is 4.90 Å². The van der Waals surface area contributed by atoms with Gasteiger partial charge in [-0.25, -0.2) is 0 Å². The maximum absolute atomic E-state index is 10.6. The lowest BCUT2D eigenvalue weighted by Crippen LogP contribution is -2.47. The fourth-order valence-corrected chi connectivity index (χ4v) is 4.05. The number of para-hydroxylation sites is 1. The number of phenols is 1. The SMILES string of the molecule is N#Cc1cccc([C@H](C2CCCCC2)N2CCNCC2)c1O. The number of aromatic hydroxyl groups is 1. The summed E-state index contributed by atoms with van der Waals surface area (Å²) in [6.45, 7) is 4.03. The Morgan fingerprint density at radius 2 is 1.91 bits per heavy atom. The van der Waals surface area contributed by atoms with E-state index in [0.717, 1.165) is 31.7 Å². The minimum atomic E-state index is 0.194. The van der Waals surface area contributed by atoms with E-state index in [1.807, 2.05) is 12.1 Å². The molecule has 118 valence electrons. The van der Waals surface area contributed by atoms with Gasteiger partial charge >= 0.3 is 0 Å². The van der Waals surface area contributed by atoms with E-state index in [-0.39, 0.29) is 11.8 Å². The number of rotatable bonds is 3. The average Bonchev–Trinajstić information content (AvgIpc) is 2.59. The predicted molar refractivity (Wildman–Crippen MR) is 86.6 cm³/mol. The van der Waals surface area contributed by atoms with E-state index in [4.69, 9.17) is 0 Å². The van der Waals surface area contributed by atoms with Crippen molar-refractivity contribution >= 4 is 0 Å². The molecular formula is C18H25N3O. The maximum atomic E-state index is 10.6. The molecule has 1 saturated carbocycles. The van der Waals surface area contributed by atoms with Crippen molar-refractivity contribution in [2.24, 2.45) is 5.92 Å². The smallest absolute Gasteiger partial charge is 0.138 e. The average molecular weight is 299 g/mol. The molecule has 0 radical (unpaired) electrons. The summed E-state index contributed by atoms with van der Waals surface area (Å²) in [6.07, 6.45) is 6.35. The highest BCUT2D eigenvalue weighted by atomic mass is 16.3. The molecule has 0 unspecified atom stereocenters. The molecule has 4 heteroatoms. The lowest BCUT2D eigenvalue weighted by molar-refractivity contribution is 0.101. The minimum Gasteiger partial charge on any atom is -0.506 e. The van der Waals surface area contributed by atoms with E-state index >= 15 is 0 Å².